The second-order valence-electron chi connectivity index (χ2n) is 8.75. The Labute approximate surface area is 180 Å². The molecule has 0 amide bonds. The van der Waals surface area contributed by atoms with Crippen LogP contribution in [0.4, 0.5) is 23.2 Å². The van der Waals surface area contributed by atoms with Gasteiger partial charge in [0.25, 0.3) is 5.56 Å². The fourth-order valence-electron chi connectivity index (χ4n) is 5.17. The summed E-state index contributed by atoms with van der Waals surface area (Å²) < 4.78 is 63.1. The van der Waals surface area contributed by atoms with Crippen LogP contribution in [0.3, 0.4) is 0 Å². The van der Waals surface area contributed by atoms with Crippen LogP contribution in [-0.4, -0.2) is 28.5 Å². The van der Waals surface area contributed by atoms with E-state index in [1.54, 1.807) is 31.2 Å². The molecule has 3 aromatic rings. The van der Waals surface area contributed by atoms with E-state index in [9.17, 15) is 27.5 Å². The molecule has 9 heteroatoms. The first-order chi connectivity index (χ1) is 15.1. The molecule has 0 spiro atoms. The Balaban J connectivity index is 1.75. The molecular weight excluding hydrogens is 428 g/mol. The standard InChI is InChI=1S/C23H20F4N2O3/c1-21-8-10-32-18-15(24)6-5-14(17(18)21)19(22(31,11-21)23(25,26)27)29-16-4-2-3-13-12(16)7-9-28-20(13)30/h2-7,9,19,29,31H,8,10-11H2,1H3,(H,28,30). The lowest BCUT2D eigenvalue weighted by Gasteiger charge is -2.51. The Kier molecular flexibility index (Phi) is 4.37. The van der Waals surface area contributed by atoms with Gasteiger partial charge in [-0.1, -0.05) is 19.1 Å². The summed E-state index contributed by atoms with van der Waals surface area (Å²) in [4.78, 5) is 14.7. The number of alkyl halides is 3. The lowest BCUT2D eigenvalue weighted by molar-refractivity contribution is -0.277. The van der Waals surface area contributed by atoms with Crippen molar-refractivity contribution in [2.24, 2.45) is 0 Å². The number of benzene rings is 2. The van der Waals surface area contributed by atoms with Gasteiger partial charge >= 0.3 is 6.18 Å². The molecule has 3 unspecified atom stereocenters. The molecule has 2 heterocycles. The fraction of sp³-hybridized carbons (Fsp3) is 0.348. The molecule has 0 fully saturated rings. The average molecular weight is 448 g/mol. The predicted molar refractivity (Wildman–Crippen MR) is 110 cm³/mol. The SMILES string of the molecule is CC12CCOc3c(F)ccc(c31)C(Nc1cccc3c(=O)[nH]ccc13)C(O)(C(F)(F)F)C2. The van der Waals surface area contributed by atoms with Crippen LogP contribution >= 0.6 is 0 Å². The summed E-state index contributed by atoms with van der Waals surface area (Å²) in [7, 11) is 0. The van der Waals surface area contributed by atoms with Gasteiger partial charge in [-0.25, -0.2) is 4.39 Å². The van der Waals surface area contributed by atoms with Crippen LogP contribution < -0.4 is 15.6 Å². The van der Waals surface area contributed by atoms with E-state index >= 15 is 0 Å². The normalized spacial score (nSPS) is 27.0. The molecular formula is C23H20F4N2O3. The fourth-order valence-corrected chi connectivity index (χ4v) is 5.17. The molecule has 1 aliphatic carbocycles. The van der Waals surface area contributed by atoms with Crippen LogP contribution in [0.25, 0.3) is 10.8 Å². The molecule has 5 nitrogen and oxygen atoms in total. The van der Waals surface area contributed by atoms with Crippen LogP contribution in [0.1, 0.15) is 36.9 Å². The number of pyridine rings is 1. The van der Waals surface area contributed by atoms with Gasteiger partial charge in [-0.15, -0.1) is 0 Å². The number of rotatable bonds is 2. The molecule has 3 atom stereocenters. The molecule has 1 aromatic heterocycles. The molecule has 0 saturated carbocycles. The zero-order valence-corrected chi connectivity index (χ0v) is 17.0. The topological polar surface area (TPSA) is 74.3 Å². The van der Waals surface area contributed by atoms with Crippen LogP contribution in [-0.2, 0) is 5.41 Å². The molecule has 2 aliphatic rings. The van der Waals surface area contributed by atoms with E-state index in [4.69, 9.17) is 4.74 Å². The lowest BCUT2D eigenvalue weighted by atomic mass is 9.60. The maximum atomic E-state index is 14.5. The van der Waals surface area contributed by atoms with Gasteiger partial charge in [0.05, 0.1) is 12.6 Å². The molecule has 2 aromatic carbocycles. The van der Waals surface area contributed by atoms with Crippen molar-refractivity contribution in [2.45, 2.75) is 43.0 Å². The number of hydrogen-bond acceptors (Lipinski definition) is 4. The maximum Gasteiger partial charge on any atom is 0.419 e. The summed E-state index contributed by atoms with van der Waals surface area (Å²) in [6, 6.07) is 6.90. The predicted octanol–water partition coefficient (Wildman–Crippen LogP) is 4.56. The van der Waals surface area contributed by atoms with E-state index in [1.165, 1.54) is 12.3 Å². The lowest BCUT2D eigenvalue weighted by Crippen LogP contribution is -2.59. The number of halogens is 4. The summed E-state index contributed by atoms with van der Waals surface area (Å²) in [5.41, 5.74) is -3.93. The molecule has 0 bridgehead atoms. The van der Waals surface area contributed by atoms with Gasteiger partial charge in [0.1, 0.15) is 0 Å². The Hall–Kier alpha value is -3.07. The summed E-state index contributed by atoms with van der Waals surface area (Å²) in [5.74, 6) is -0.718. The minimum absolute atomic E-state index is 0.0575. The largest absolute Gasteiger partial charge is 0.490 e. The van der Waals surface area contributed by atoms with Crippen molar-refractivity contribution in [3.8, 4) is 5.75 Å². The molecule has 168 valence electrons. The quantitative estimate of drug-likeness (QED) is 0.503. The van der Waals surface area contributed by atoms with Crippen molar-refractivity contribution in [1.82, 2.24) is 4.98 Å². The third kappa shape index (κ3) is 2.83. The number of H-pyrrole nitrogens is 1. The highest BCUT2D eigenvalue weighted by molar-refractivity contribution is 5.93. The van der Waals surface area contributed by atoms with Gasteiger partial charge in [-0.3, -0.25) is 4.79 Å². The Morgan fingerprint density at radius 1 is 1.19 bits per heavy atom. The van der Waals surface area contributed by atoms with Crippen LogP contribution in [0, 0.1) is 5.82 Å². The molecule has 1 aliphatic heterocycles. The summed E-state index contributed by atoms with van der Waals surface area (Å²) in [6.45, 7) is 1.66. The molecule has 3 N–H and O–H groups in total. The monoisotopic (exact) mass is 448 g/mol. The van der Waals surface area contributed by atoms with E-state index in [0.29, 0.717) is 10.9 Å². The number of nitrogens with one attached hydrogen (secondary N) is 2. The van der Waals surface area contributed by atoms with Crippen molar-refractivity contribution in [2.75, 3.05) is 11.9 Å². The first-order valence-corrected chi connectivity index (χ1v) is 10.2. The highest BCUT2D eigenvalue weighted by Gasteiger charge is 2.65. The summed E-state index contributed by atoms with van der Waals surface area (Å²) >= 11 is 0. The van der Waals surface area contributed by atoms with Crippen molar-refractivity contribution < 1.29 is 27.4 Å². The highest BCUT2D eigenvalue weighted by atomic mass is 19.4. The summed E-state index contributed by atoms with van der Waals surface area (Å²) in [6.07, 6.45) is -4.01. The second-order valence-corrected chi connectivity index (χ2v) is 8.75. The third-order valence-electron chi connectivity index (χ3n) is 6.70. The van der Waals surface area contributed by atoms with E-state index in [1.807, 2.05) is 0 Å². The third-order valence-corrected chi connectivity index (χ3v) is 6.70. The Morgan fingerprint density at radius 2 is 1.97 bits per heavy atom. The van der Waals surface area contributed by atoms with E-state index in [-0.39, 0.29) is 41.0 Å². The number of aliphatic hydroxyl groups is 1. The Morgan fingerprint density at radius 3 is 2.72 bits per heavy atom. The zero-order chi connectivity index (χ0) is 22.9. The molecule has 0 radical (unpaired) electrons. The van der Waals surface area contributed by atoms with Crippen molar-refractivity contribution in [3.05, 3.63) is 69.9 Å². The van der Waals surface area contributed by atoms with E-state index in [0.717, 1.165) is 6.07 Å². The van der Waals surface area contributed by atoms with Gasteiger partial charge < -0.3 is 20.1 Å². The number of aromatic amines is 1. The van der Waals surface area contributed by atoms with Gasteiger partial charge in [0, 0.05) is 33.6 Å². The van der Waals surface area contributed by atoms with Crippen LogP contribution in [0.5, 0.6) is 5.75 Å². The van der Waals surface area contributed by atoms with E-state index < -0.39 is 35.5 Å². The van der Waals surface area contributed by atoms with Crippen molar-refractivity contribution >= 4 is 16.5 Å². The van der Waals surface area contributed by atoms with Gasteiger partial charge in [-0.2, -0.15) is 13.2 Å². The first-order valence-electron chi connectivity index (χ1n) is 10.2. The molecule has 0 saturated heterocycles. The number of fused-ring (bicyclic) bond motifs is 1. The number of anilines is 1. The number of ether oxygens (including phenoxy) is 1. The Bertz CT molecular complexity index is 1290. The minimum Gasteiger partial charge on any atom is -0.490 e. The summed E-state index contributed by atoms with van der Waals surface area (Å²) in [5, 5.41) is 14.7. The first kappa shape index (κ1) is 20.8. The minimum atomic E-state index is -4.97. The van der Waals surface area contributed by atoms with Gasteiger partial charge in [0.2, 0.25) is 0 Å². The second kappa shape index (κ2) is 6.71. The van der Waals surface area contributed by atoms with Crippen LogP contribution in [0.15, 0.2) is 47.4 Å². The number of aromatic nitrogens is 1. The number of hydrogen-bond donors (Lipinski definition) is 3. The van der Waals surface area contributed by atoms with E-state index in [2.05, 4.69) is 10.3 Å². The van der Waals surface area contributed by atoms with Crippen molar-refractivity contribution in [3.63, 3.8) is 0 Å². The smallest absolute Gasteiger partial charge is 0.419 e. The van der Waals surface area contributed by atoms with Crippen LogP contribution in [0.2, 0.25) is 0 Å². The maximum absolute atomic E-state index is 14.5. The zero-order valence-electron chi connectivity index (χ0n) is 17.0. The van der Waals surface area contributed by atoms with Gasteiger partial charge in [-0.05, 0) is 42.7 Å². The average Bonchev–Trinajstić information content (AvgIpc) is 2.72. The molecule has 32 heavy (non-hydrogen) atoms. The molecule has 5 rings (SSSR count). The van der Waals surface area contributed by atoms with Gasteiger partial charge in [0.15, 0.2) is 17.2 Å². The van der Waals surface area contributed by atoms with Crippen molar-refractivity contribution in [1.29, 1.82) is 0 Å². The highest BCUT2D eigenvalue weighted by Crippen LogP contribution is 2.59.